The van der Waals surface area contributed by atoms with E-state index in [4.69, 9.17) is 10.5 Å². The predicted molar refractivity (Wildman–Crippen MR) is 75.7 cm³/mol. The fourth-order valence-electron chi connectivity index (χ4n) is 2.70. The number of nitrogens with two attached hydrogens (primary N) is 1. The Balaban J connectivity index is 1.85. The minimum atomic E-state index is -1.17. The van der Waals surface area contributed by atoms with Crippen molar-refractivity contribution in [3.05, 3.63) is 59.7 Å². The minimum Gasteiger partial charge on any atom is -0.433 e. The molecule has 5 heteroatoms. The first kappa shape index (κ1) is 13.2. The van der Waals surface area contributed by atoms with Crippen LogP contribution in [0, 0.1) is 0 Å². The van der Waals surface area contributed by atoms with Crippen molar-refractivity contribution in [2.24, 2.45) is 5.73 Å². The average Bonchev–Trinajstić information content (AvgIpc) is 2.79. The molecule has 3 rings (SSSR count). The molecule has 2 N–H and O–H groups in total. The maximum Gasteiger partial charge on any atom is 0.517 e. The van der Waals surface area contributed by atoms with Crippen molar-refractivity contribution < 1.29 is 19.1 Å². The van der Waals surface area contributed by atoms with Crippen LogP contribution in [0.1, 0.15) is 17.0 Å². The van der Waals surface area contributed by atoms with Crippen LogP contribution in [0.2, 0.25) is 0 Å². The van der Waals surface area contributed by atoms with Gasteiger partial charge in [-0.25, -0.2) is 9.59 Å². The molecule has 0 atom stereocenters. The molecule has 0 saturated carbocycles. The highest BCUT2D eigenvalue weighted by Crippen LogP contribution is 2.44. The van der Waals surface area contributed by atoms with Gasteiger partial charge < -0.3 is 15.2 Å². The van der Waals surface area contributed by atoms with Gasteiger partial charge in [-0.3, -0.25) is 0 Å². The Morgan fingerprint density at radius 2 is 1.48 bits per heavy atom. The molecule has 0 bridgehead atoms. The van der Waals surface area contributed by atoms with Crippen molar-refractivity contribution >= 4 is 12.2 Å². The standard InChI is InChI=1S/C16H13NO4/c17-15(18)21-16(19)20-9-14-12-7-3-1-5-10(12)11-6-2-4-8-13(11)14/h1-8,14H,9H2,(H2,17,18). The maximum atomic E-state index is 11.3. The molecule has 0 saturated heterocycles. The summed E-state index contributed by atoms with van der Waals surface area (Å²) < 4.78 is 9.15. The topological polar surface area (TPSA) is 78.6 Å². The van der Waals surface area contributed by atoms with Gasteiger partial charge in [-0.15, -0.1) is 0 Å². The van der Waals surface area contributed by atoms with E-state index in [-0.39, 0.29) is 12.5 Å². The number of carbonyl (C=O) groups excluding carboxylic acids is 2. The van der Waals surface area contributed by atoms with Gasteiger partial charge in [0.1, 0.15) is 6.61 Å². The fraction of sp³-hybridized carbons (Fsp3) is 0.125. The van der Waals surface area contributed by atoms with Crippen LogP contribution in [0.4, 0.5) is 9.59 Å². The number of rotatable bonds is 2. The molecule has 1 amide bonds. The van der Waals surface area contributed by atoms with Crippen LogP contribution in [0.5, 0.6) is 0 Å². The van der Waals surface area contributed by atoms with Gasteiger partial charge in [0.15, 0.2) is 0 Å². The van der Waals surface area contributed by atoms with Gasteiger partial charge in [0.2, 0.25) is 0 Å². The van der Waals surface area contributed by atoms with E-state index in [2.05, 4.69) is 4.74 Å². The molecule has 0 heterocycles. The third-order valence-corrected chi connectivity index (χ3v) is 3.51. The normalized spacial score (nSPS) is 12.4. The lowest BCUT2D eigenvalue weighted by Crippen LogP contribution is -2.21. The highest BCUT2D eigenvalue weighted by atomic mass is 16.7. The van der Waals surface area contributed by atoms with E-state index in [0.29, 0.717) is 0 Å². The van der Waals surface area contributed by atoms with Gasteiger partial charge >= 0.3 is 12.2 Å². The summed E-state index contributed by atoms with van der Waals surface area (Å²) in [6.07, 6.45) is -2.25. The second kappa shape index (κ2) is 5.28. The van der Waals surface area contributed by atoms with Gasteiger partial charge in [-0.1, -0.05) is 48.5 Å². The number of primary amides is 1. The second-order valence-corrected chi connectivity index (χ2v) is 4.71. The van der Waals surface area contributed by atoms with Crippen LogP contribution in [0.15, 0.2) is 48.5 Å². The quantitative estimate of drug-likeness (QED) is 0.678. The summed E-state index contributed by atoms with van der Waals surface area (Å²) >= 11 is 0. The van der Waals surface area contributed by atoms with Crippen LogP contribution < -0.4 is 5.73 Å². The summed E-state index contributed by atoms with van der Waals surface area (Å²) in [4.78, 5) is 21.8. The number of ether oxygens (including phenoxy) is 2. The summed E-state index contributed by atoms with van der Waals surface area (Å²) in [6, 6.07) is 15.9. The zero-order chi connectivity index (χ0) is 14.8. The molecule has 0 unspecified atom stereocenters. The molecule has 106 valence electrons. The highest BCUT2D eigenvalue weighted by Gasteiger charge is 2.29. The van der Waals surface area contributed by atoms with E-state index in [0.717, 1.165) is 22.3 Å². The summed E-state index contributed by atoms with van der Waals surface area (Å²) in [5, 5.41) is 0. The van der Waals surface area contributed by atoms with Crippen LogP contribution in [0.25, 0.3) is 11.1 Å². The number of fused-ring (bicyclic) bond motifs is 3. The number of benzene rings is 2. The Morgan fingerprint density at radius 3 is 2.00 bits per heavy atom. The van der Waals surface area contributed by atoms with Crippen molar-refractivity contribution in [2.75, 3.05) is 6.61 Å². The average molecular weight is 283 g/mol. The first-order valence-corrected chi connectivity index (χ1v) is 6.49. The predicted octanol–water partition coefficient (Wildman–Crippen LogP) is 3.03. The maximum absolute atomic E-state index is 11.3. The Hall–Kier alpha value is -2.82. The summed E-state index contributed by atoms with van der Waals surface area (Å²) in [5.74, 6) is -0.0715. The van der Waals surface area contributed by atoms with Gasteiger partial charge in [0, 0.05) is 5.92 Å². The lowest BCUT2D eigenvalue weighted by atomic mass is 9.98. The Bertz CT molecular complexity index is 665. The number of hydrogen-bond donors (Lipinski definition) is 1. The summed E-state index contributed by atoms with van der Waals surface area (Å²) in [6.45, 7) is 0.0974. The molecular formula is C16H13NO4. The van der Waals surface area contributed by atoms with Crippen LogP contribution in [-0.4, -0.2) is 18.9 Å². The van der Waals surface area contributed by atoms with E-state index < -0.39 is 12.2 Å². The molecular weight excluding hydrogens is 270 g/mol. The largest absolute Gasteiger partial charge is 0.517 e. The molecule has 0 radical (unpaired) electrons. The molecule has 2 aromatic rings. The van der Waals surface area contributed by atoms with E-state index in [9.17, 15) is 9.59 Å². The number of hydrogen-bond acceptors (Lipinski definition) is 4. The first-order valence-electron chi connectivity index (χ1n) is 6.49. The highest BCUT2D eigenvalue weighted by molar-refractivity contribution is 5.80. The van der Waals surface area contributed by atoms with Gasteiger partial charge in [0.05, 0.1) is 0 Å². The summed E-state index contributed by atoms with van der Waals surface area (Å²) in [5.41, 5.74) is 9.20. The number of carbonyl (C=O) groups is 2. The van der Waals surface area contributed by atoms with Crippen molar-refractivity contribution in [1.82, 2.24) is 0 Å². The molecule has 5 nitrogen and oxygen atoms in total. The second-order valence-electron chi connectivity index (χ2n) is 4.71. The lowest BCUT2D eigenvalue weighted by Gasteiger charge is -2.13. The van der Waals surface area contributed by atoms with Crippen molar-refractivity contribution in [3.8, 4) is 11.1 Å². The summed E-state index contributed by atoms with van der Waals surface area (Å²) in [7, 11) is 0. The van der Waals surface area contributed by atoms with Gasteiger partial charge in [0.25, 0.3) is 0 Å². The molecule has 0 fully saturated rings. The molecule has 1 aliphatic rings. The zero-order valence-electron chi connectivity index (χ0n) is 11.1. The lowest BCUT2D eigenvalue weighted by molar-refractivity contribution is 0.0761. The molecule has 0 spiro atoms. The molecule has 21 heavy (non-hydrogen) atoms. The monoisotopic (exact) mass is 283 g/mol. The third kappa shape index (κ3) is 2.45. The first-order chi connectivity index (χ1) is 10.2. The van der Waals surface area contributed by atoms with E-state index in [1.807, 2.05) is 48.5 Å². The van der Waals surface area contributed by atoms with E-state index in [1.165, 1.54) is 0 Å². The Labute approximate surface area is 121 Å². The molecule has 1 aliphatic carbocycles. The molecule has 2 aromatic carbocycles. The van der Waals surface area contributed by atoms with Crippen molar-refractivity contribution in [3.63, 3.8) is 0 Å². The van der Waals surface area contributed by atoms with E-state index >= 15 is 0 Å². The smallest absolute Gasteiger partial charge is 0.433 e. The number of amides is 1. The SMILES string of the molecule is NC(=O)OC(=O)OCC1c2ccccc2-c2ccccc21. The van der Waals surface area contributed by atoms with Gasteiger partial charge in [-0.05, 0) is 22.3 Å². The van der Waals surface area contributed by atoms with Gasteiger partial charge in [-0.2, -0.15) is 0 Å². The third-order valence-electron chi connectivity index (χ3n) is 3.51. The van der Waals surface area contributed by atoms with Crippen LogP contribution in [0.3, 0.4) is 0 Å². The Morgan fingerprint density at radius 1 is 0.952 bits per heavy atom. The van der Waals surface area contributed by atoms with Crippen LogP contribution >= 0.6 is 0 Å². The molecule has 0 aliphatic heterocycles. The van der Waals surface area contributed by atoms with Crippen LogP contribution in [-0.2, 0) is 9.47 Å². The van der Waals surface area contributed by atoms with Crippen molar-refractivity contribution in [1.29, 1.82) is 0 Å². The zero-order valence-corrected chi connectivity index (χ0v) is 11.1. The van der Waals surface area contributed by atoms with Crippen molar-refractivity contribution in [2.45, 2.75) is 5.92 Å². The Kier molecular flexibility index (Phi) is 3.31. The minimum absolute atomic E-state index is 0.0715. The molecule has 0 aromatic heterocycles. The van der Waals surface area contributed by atoms with E-state index in [1.54, 1.807) is 0 Å². The fourth-order valence-corrected chi connectivity index (χ4v) is 2.70.